The predicted octanol–water partition coefficient (Wildman–Crippen LogP) is 3.54. The molecule has 2 aromatic carbocycles. The third-order valence-electron chi connectivity index (χ3n) is 5.14. The first-order chi connectivity index (χ1) is 13.6. The molecule has 138 valence electrons. The highest BCUT2D eigenvalue weighted by Crippen LogP contribution is 2.36. The van der Waals surface area contributed by atoms with Crippen LogP contribution in [-0.4, -0.2) is 18.7 Å². The van der Waals surface area contributed by atoms with Crippen molar-refractivity contribution in [3.63, 3.8) is 0 Å². The number of amides is 1. The van der Waals surface area contributed by atoms with E-state index in [0.29, 0.717) is 16.9 Å². The monoisotopic (exact) mass is 386 g/mol. The van der Waals surface area contributed by atoms with E-state index in [1.165, 1.54) is 0 Å². The summed E-state index contributed by atoms with van der Waals surface area (Å²) in [5, 5.41) is 3.87. The molecule has 0 spiro atoms. The van der Waals surface area contributed by atoms with Gasteiger partial charge in [-0.25, -0.2) is 0 Å². The smallest absolute Gasteiger partial charge is 0.224 e. The summed E-state index contributed by atoms with van der Waals surface area (Å²) in [6, 6.07) is 21.4. The normalized spacial score (nSPS) is 15.6. The highest BCUT2D eigenvalue weighted by Gasteiger charge is 2.41. The summed E-state index contributed by atoms with van der Waals surface area (Å²) in [4.78, 5) is 17.5. The van der Waals surface area contributed by atoms with Crippen molar-refractivity contribution < 1.29 is 4.79 Å². The summed E-state index contributed by atoms with van der Waals surface area (Å²) in [6.07, 6.45) is 4.03. The Hall–Kier alpha value is -2.59. The maximum atomic E-state index is 12.9. The van der Waals surface area contributed by atoms with Crippen molar-refractivity contribution in [3.8, 4) is 0 Å². The second-order valence-electron chi connectivity index (χ2n) is 7.32. The SMILES string of the molecule is [B]c1cccc(C(Cc2ccccc2)(NC(=O)C2CC2)c2ccc(Cl)cn2)c1. The number of nitrogens with zero attached hydrogens (tertiary/aromatic N) is 1. The van der Waals surface area contributed by atoms with Crippen LogP contribution in [0.1, 0.15) is 29.7 Å². The van der Waals surface area contributed by atoms with E-state index in [2.05, 4.69) is 22.4 Å². The molecule has 4 rings (SSSR count). The highest BCUT2D eigenvalue weighted by atomic mass is 35.5. The molecule has 1 N–H and O–H groups in total. The van der Waals surface area contributed by atoms with Gasteiger partial charge in [0.05, 0.1) is 10.7 Å². The first-order valence-electron chi connectivity index (χ1n) is 9.41. The molecule has 1 aliphatic rings. The molecule has 3 aromatic rings. The summed E-state index contributed by atoms with van der Waals surface area (Å²) in [6.45, 7) is 0. The van der Waals surface area contributed by atoms with Gasteiger partial charge in [-0.3, -0.25) is 9.78 Å². The summed E-state index contributed by atoms with van der Waals surface area (Å²) in [7, 11) is 6.10. The van der Waals surface area contributed by atoms with Crippen molar-refractivity contribution in [2.75, 3.05) is 0 Å². The molecule has 1 amide bonds. The summed E-state index contributed by atoms with van der Waals surface area (Å²) in [5.74, 6) is 0.124. The Morgan fingerprint density at radius 1 is 1.11 bits per heavy atom. The zero-order chi connectivity index (χ0) is 19.6. The molecule has 0 bridgehead atoms. The van der Waals surface area contributed by atoms with E-state index >= 15 is 0 Å². The van der Waals surface area contributed by atoms with Crippen molar-refractivity contribution >= 4 is 30.8 Å². The van der Waals surface area contributed by atoms with E-state index < -0.39 is 5.54 Å². The molecule has 1 atom stereocenters. The molecule has 1 saturated carbocycles. The highest BCUT2D eigenvalue weighted by molar-refractivity contribution is 6.32. The molecule has 0 aliphatic heterocycles. The van der Waals surface area contributed by atoms with E-state index in [9.17, 15) is 4.79 Å². The second kappa shape index (κ2) is 7.80. The summed E-state index contributed by atoms with van der Waals surface area (Å²) < 4.78 is 0. The summed E-state index contributed by atoms with van der Waals surface area (Å²) >= 11 is 6.09. The van der Waals surface area contributed by atoms with Gasteiger partial charge in [-0.2, -0.15) is 0 Å². The van der Waals surface area contributed by atoms with Gasteiger partial charge in [-0.1, -0.05) is 71.7 Å². The number of benzene rings is 2. The van der Waals surface area contributed by atoms with Crippen LogP contribution in [0.2, 0.25) is 5.02 Å². The molecular formula is C23H20BClN2O. The number of aromatic nitrogens is 1. The molecule has 1 fully saturated rings. The molecule has 1 aromatic heterocycles. The fraction of sp³-hybridized carbons (Fsp3) is 0.217. The van der Waals surface area contributed by atoms with E-state index in [4.69, 9.17) is 19.4 Å². The van der Waals surface area contributed by atoms with Crippen LogP contribution in [-0.2, 0) is 16.8 Å². The van der Waals surface area contributed by atoms with Gasteiger partial charge in [-0.15, -0.1) is 0 Å². The van der Waals surface area contributed by atoms with E-state index in [0.717, 1.165) is 29.7 Å². The Balaban J connectivity index is 1.88. The van der Waals surface area contributed by atoms with Crippen LogP contribution in [0.3, 0.4) is 0 Å². The number of hydrogen-bond acceptors (Lipinski definition) is 2. The van der Waals surface area contributed by atoms with E-state index in [1.807, 2.05) is 48.5 Å². The minimum Gasteiger partial charge on any atom is -0.340 e. The Bertz CT molecular complexity index is 973. The van der Waals surface area contributed by atoms with Gasteiger partial charge in [0.1, 0.15) is 13.4 Å². The molecule has 1 heterocycles. The minimum absolute atomic E-state index is 0.0510. The van der Waals surface area contributed by atoms with Crippen molar-refractivity contribution in [1.29, 1.82) is 0 Å². The molecule has 0 saturated heterocycles. The standard InChI is InChI=1S/C23H20BClN2O/c24-19-8-4-7-18(13-19)23(27-22(28)17-9-10-17,14-16-5-2-1-3-6-16)21-12-11-20(25)15-26-21/h1-8,11-13,15,17H,9-10,14H2,(H,27,28). The van der Waals surface area contributed by atoms with Crippen molar-refractivity contribution in [3.05, 3.63) is 94.8 Å². The van der Waals surface area contributed by atoms with Gasteiger partial charge >= 0.3 is 0 Å². The number of carbonyl (C=O) groups excluding carboxylic acids is 1. The lowest BCUT2D eigenvalue weighted by molar-refractivity contribution is -0.124. The van der Waals surface area contributed by atoms with Crippen LogP contribution in [0.4, 0.5) is 0 Å². The Kier molecular flexibility index (Phi) is 5.23. The minimum atomic E-state index is -0.832. The fourth-order valence-corrected chi connectivity index (χ4v) is 3.63. The number of halogens is 1. The van der Waals surface area contributed by atoms with Crippen molar-refractivity contribution in [2.24, 2.45) is 5.92 Å². The van der Waals surface area contributed by atoms with Gasteiger partial charge in [0.15, 0.2) is 0 Å². The van der Waals surface area contributed by atoms with Crippen LogP contribution in [0.5, 0.6) is 0 Å². The Morgan fingerprint density at radius 3 is 2.54 bits per heavy atom. The van der Waals surface area contributed by atoms with Crippen LogP contribution in [0.25, 0.3) is 0 Å². The third kappa shape index (κ3) is 3.97. The Labute approximate surface area is 171 Å². The number of rotatable bonds is 6. The molecule has 1 aliphatic carbocycles. The number of pyridine rings is 1. The van der Waals surface area contributed by atoms with Gasteiger partial charge in [0.2, 0.25) is 5.91 Å². The average molecular weight is 387 g/mol. The lowest BCUT2D eigenvalue weighted by atomic mass is 9.78. The van der Waals surface area contributed by atoms with Crippen LogP contribution >= 0.6 is 11.6 Å². The quantitative estimate of drug-likeness (QED) is 0.658. The van der Waals surface area contributed by atoms with Gasteiger partial charge in [0, 0.05) is 18.5 Å². The largest absolute Gasteiger partial charge is 0.340 e. The second-order valence-corrected chi connectivity index (χ2v) is 7.75. The average Bonchev–Trinajstić information content (AvgIpc) is 3.54. The maximum Gasteiger partial charge on any atom is 0.224 e. The predicted molar refractivity (Wildman–Crippen MR) is 113 cm³/mol. The van der Waals surface area contributed by atoms with E-state index in [-0.39, 0.29) is 11.8 Å². The number of nitrogens with one attached hydrogen (secondary N) is 1. The van der Waals surface area contributed by atoms with Crippen LogP contribution < -0.4 is 10.8 Å². The van der Waals surface area contributed by atoms with Crippen molar-refractivity contribution in [2.45, 2.75) is 24.8 Å². The van der Waals surface area contributed by atoms with Crippen LogP contribution in [0.15, 0.2) is 72.9 Å². The Morgan fingerprint density at radius 2 is 1.89 bits per heavy atom. The molecule has 28 heavy (non-hydrogen) atoms. The lowest BCUT2D eigenvalue weighted by Gasteiger charge is -2.36. The molecular weight excluding hydrogens is 367 g/mol. The summed E-state index contributed by atoms with van der Waals surface area (Å²) in [5.41, 5.74) is 2.55. The van der Waals surface area contributed by atoms with Crippen molar-refractivity contribution in [1.82, 2.24) is 10.3 Å². The first-order valence-corrected chi connectivity index (χ1v) is 9.79. The molecule has 1 unspecified atom stereocenters. The number of carbonyl (C=O) groups is 1. The van der Waals surface area contributed by atoms with Crippen LogP contribution in [0, 0.1) is 5.92 Å². The first kappa shape index (κ1) is 18.8. The maximum absolute atomic E-state index is 12.9. The molecule has 3 nitrogen and oxygen atoms in total. The molecule has 5 heteroatoms. The molecule has 2 radical (unpaired) electrons. The fourth-order valence-electron chi connectivity index (χ4n) is 3.51. The van der Waals surface area contributed by atoms with E-state index in [1.54, 1.807) is 12.3 Å². The number of hydrogen-bond donors (Lipinski definition) is 1. The van der Waals surface area contributed by atoms with Gasteiger partial charge in [0.25, 0.3) is 0 Å². The van der Waals surface area contributed by atoms with Gasteiger partial charge in [-0.05, 0) is 36.1 Å². The lowest BCUT2D eigenvalue weighted by Crippen LogP contribution is -2.50. The topological polar surface area (TPSA) is 42.0 Å². The zero-order valence-electron chi connectivity index (χ0n) is 15.4. The third-order valence-corrected chi connectivity index (χ3v) is 5.36. The zero-order valence-corrected chi connectivity index (χ0v) is 16.2. The van der Waals surface area contributed by atoms with Gasteiger partial charge < -0.3 is 5.32 Å².